The van der Waals surface area contributed by atoms with Gasteiger partial charge in [0, 0.05) is 30.8 Å². The van der Waals surface area contributed by atoms with Crippen LogP contribution in [0.25, 0.3) is 0 Å². The fraction of sp³-hybridized carbons (Fsp3) is 0.467. The first-order valence-electron chi connectivity index (χ1n) is 6.86. The second kappa shape index (κ2) is 7.36. The second-order valence-electron chi connectivity index (χ2n) is 5.25. The molecule has 0 bridgehead atoms. The van der Waals surface area contributed by atoms with Gasteiger partial charge in [-0.15, -0.1) is 0 Å². The molecule has 2 rings (SSSR count). The second-order valence-corrected chi connectivity index (χ2v) is 6.03. The molecule has 0 fully saturated rings. The monoisotopic (exact) mass is 291 g/mol. The number of aromatic nitrogens is 2. The van der Waals surface area contributed by atoms with Crippen LogP contribution in [0.5, 0.6) is 0 Å². The van der Waals surface area contributed by atoms with Crippen molar-refractivity contribution in [3.63, 3.8) is 0 Å². The molecular formula is C15H21N3OS. The van der Waals surface area contributed by atoms with Crippen LogP contribution < -0.4 is 5.32 Å². The maximum absolute atomic E-state index is 9.48. The fourth-order valence-electron chi connectivity index (χ4n) is 1.98. The molecule has 5 heteroatoms. The maximum atomic E-state index is 9.48. The Morgan fingerprint density at radius 3 is 2.85 bits per heavy atom. The highest BCUT2D eigenvalue weighted by molar-refractivity contribution is 7.07. The standard InChI is InChI=1S/C15H21N3OS/c1-11(2)14-6-15(18-10-17-14)16-7-13(8-19)5-12-3-4-20-9-12/h3-4,6,9-11,13,19H,5,7-8H2,1-2H3,(H,16,17,18)/t13-/m0/s1. The highest BCUT2D eigenvalue weighted by Crippen LogP contribution is 2.15. The molecule has 0 aliphatic rings. The number of nitrogens with zero attached hydrogens (tertiary/aromatic N) is 2. The minimum Gasteiger partial charge on any atom is -0.396 e. The van der Waals surface area contributed by atoms with E-state index in [-0.39, 0.29) is 12.5 Å². The van der Waals surface area contributed by atoms with Gasteiger partial charge in [0.1, 0.15) is 12.1 Å². The van der Waals surface area contributed by atoms with E-state index in [4.69, 9.17) is 0 Å². The number of hydrogen-bond donors (Lipinski definition) is 2. The number of aliphatic hydroxyl groups excluding tert-OH is 1. The summed E-state index contributed by atoms with van der Waals surface area (Å²) in [5, 5.41) is 17.0. The summed E-state index contributed by atoms with van der Waals surface area (Å²) in [6.45, 7) is 5.10. The van der Waals surface area contributed by atoms with Crippen LogP contribution in [0, 0.1) is 5.92 Å². The smallest absolute Gasteiger partial charge is 0.129 e. The molecule has 1 atom stereocenters. The van der Waals surface area contributed by atoms with E-state index in [1.54, 1.807) is 17.7 Å². The number of anilines is 1. The highest BCUT2D eigenvalue weighted by Gasteiger charge is 2.10. The molecule has 0 radical (unpaired) electrons. The molecule has 0 saturated carbocycles. The van der Waals surface area contributed by atoms with Gasteiger partial charge in [-0.2, -0.15) is 11.3 Å². The van der Waals surface area contributed by atoms with Crippen LogP contribution in [0.1, 0.15) is 31.0 Å². The summed E-state index contributed by atoms with van der Waals surface area (Å²) in [6, 6.07) is 4.08. The van der Waals surface area contributed by atoms with E-state index >= 15 is 0 Å². The minimum atomic E-state index is 0.172. The van der Waals surface area contributed by atoms with Gasteiger partial charge in [-0.3, -0.25) is 0 Å². The number of aliphatic hydroxyl groups is 1. The zero-order valence-electron chi connectivity index (χ0n) is 11.9. The Kier molecular flexibility index (Phi) is 5.49. The Morgan fingerprint density at radius 1 is 1.35 bits per heavy atom. The van der Waals surface area contributed by atoms with Crippen molar-refractivity contribution in [1.29, 1.82) is 0 Å². The van der Waals surface area contributed by atoms with Gasteiger partial charge in [0.15, 0.2) is 0 Å². The third kappa shape index (κ3) is 4.28. The zero-order valence-corrected chi connectivity index (χ0v) is 12.7. The van der Waals surface area contributed by atoms with Gasteiger partial charge >= 0.3 is 0 Å². The fourth-order valence-corrected chi connectivity index (χ4v) is 2.66. The maximum Gasteiger partial charge on any atom is 0.129 e. The Balaban J connectivity index is 1.91. The highest BCUT2D eigenvalue weighted by atomic mass is 32.1. The molecule has 108 valence electrons. The van der Waals surface area contributed by atoms with Gasteiger partial charge in [0.25, 0.3) is 0 Å². The van der Waals surface area contributed by atoms with Gasteiger partial charge in [-0.05, 0) is 34.7 Å². The SMILES string of the molecule is CC(C)c1cc(NC[C@@H](CO)Cc2ccsc2)ncn1. The van der Waals surface area contributed by atoms with Gasteiger partial charge in [-0.1, -0.05) is 13.8 Å². The first-order valence-corrected chi connectivity index (χ1v) is 7.81. The van der Waals surface area contributed by atoms with E-state index in [0.29, 0.717) is 12.5 Å². The van der Waals surface area contributed by atoms with Crippen molar-refractivity contribution in [3.8, 4) is 0 Å². The predicted octanol–water partition coefficient (Wildman–Crippen LogP) is 2.92. The lowest BCUT2D eigenvalue weighted by Crippen LogP contribution is -2.20. The number of rotatable bonds is 7. The third-order valence-corrected chi connectivity index (χ3v) is 3.95. The molecule has 0 aliphatic carbocycles. The van der Waals surface area contributed by atoms with Crippen molar-refractivity contribution >= 4 is 17.2 Å². The summed E-state index contributed by atoms with van der Waals surface area (Å²) in [5.41, 5.74) is 2.31. The lowest BCUT2D eigenvalue weighted by atomic mass is 10.0. The molecule has 0 aliphatic heterocycles. The molecule has 0 unspecified atom stereocenters. The van der Waals surface area contributed by atoms with Crippen molar-refractivity contribution in [1.82, 2.24) is 9.97 Å². The van der Waals surface area contributed by atoms with Crippen LogP contribution in [0.4, 0.5) is 5.82 Å². The van der Waals surface area contributed by atoms with E-state index in [1.807, 2.05) is 6.07 Å². The van der Waals surface area contributed by atoms with E-state index in [0.717, 1.165) is 17.9 Å². The average Bonchev–Trinajstić information content (AvgIpc) is 2.96. The topological polar surface area (TPSA) is 58.0 Å². The Morgan fingerprint density at radius 2 is 2.20 bits per heavy atom. The van der Waals surface area contributed by atoms with Crippen LogP contribution in [0.3, 0.4) is 0 Å². The van der Waals surface area contributed by atoms with Crippen molar-refractivity contribution in [2.45, 2.75) is 26.2 Å². The first-order chi connectivity index (χ1) is 9.69. The van der Waals surface area contributed by atoms with Gasteiger partial charge in [-0.25, -0.2) is 9.97 Å². The van der Waals surface area contributed by atoms with Crippen LogP contribution >= 0.6 is 11.3 Å². The van der Waals surface area contributed by atoms with Gasteiger partial charge in [0.05, 0.1) is 0 Å². The Labute approximate surface area is 123 Å². The van der Waals surface area contributed by atoms with Gasteiger partial charge in [0.2, 0.25) is 0 Å². The Bertz CT molecular complexity index is 514. The first kappa shape index (κ1) is 14.9. The summed E-state index contributed by atoms with van der Waals surface area (Å²) < 4.78 is 0. The van der Waals surface area contributed by atoms with Crippen molar-refractivity contribution in [2.75, 3.05) is 18.5 Å². The number of hydrogen-bond acceptors (Lipinski definition) is 5. The quantitative estimate of drug-likeness (QED) is 0.823. The van der Waals surface area contributed by atoms with E-state index in [1.165, 1.54) is 5.56 Å². The van der Waals surface area contributed by atoms with Crippen molar-refractivity contribution < 1.29 is 5.11 Å². The van der Waals surface area contributed by atoms with Crippen molar-refractivity contribution in [3.05, 3.63) is 40.5 Å². The van der Waals surface area contributed by atoms with E-state index < -0.39 is 0 Å². The molecule has 2 aromatic heterocycles. The summed E-state index contributed by atoms with van der Waals surface area (Å²) in [5.74, 6) is 1.41. The predicted molar refractivity (Wildman–Crippen MR) is 83.2 cm³/mol. The number of thiophene rings is 1. The molecule has 2 N–H and O–H groups in total. The number of nitrogens with one attached hydrogen (secondary N) is 1. The molecular weight excluding hydrogens is 270 g/mol. The molecule has 20 heavy (non-hydrogen) atoms. The summed E-state index contributed by atoms with van der Waals surface area (Å²) in [6.07, 6.45) is 2.47. The summed E-state index contributed by atoms with van der Waals surface area (Å²) in [7, 11) is 0. The molecule has 0 aromatic carbocycles. The zero-order chi connectivity index (χ0) is 14.4. The largest absolute Gasteiger partial charge is 0.396 e. The Hall–Kier alpha value is -1.46. The van der Waals surface area contributed by atoms with Crippen LogP contribution in [-0.2, 0) is 6.42 Å². The lowest BCUT2D eigenvalue weighted by Gasteiger charge is -2.15. The van der Waals surface area contributed by atoms with Crippen LogP contribution in [-0.4, -0.2) is 28.2 Å². The molecule has 0 saturated heterocycles. The van der Waals surface area contributed by atoms with Gasteiger partial charge < -0.3 is 10.4 Å². The van der Waals surface area contributed by atoms with Crippen molar-refractivity contribution in [2.24, 2.45) is 5.92 Å². The van der Waals surface area contributed by atoms with Crippen LogP contribution in [0.2, 0.25) is 0 Å². The van der Waals surface area contributed by atoms with E-state index in [2.05, 4.69) is 46.0 Å². The summed E-state index contributed by atoms with van der Waals surface area (Å²) >= 11 is 1.69. The molecule has 2 aromatic rings. The molecule has 4 nitrogen and oxygen atoms in total. The lowest BCUT2D eigenvalue weighted by molar-refractivity contribution is 0.232. The minimum absolute atomic E-state index is 0.172. The van der Waals surface area contributed by atoms with Crippen LogP contribution in [0.15, 0.2) is 29.2 Å². The molecule has 0 amide bonds. The summed E-state index contributed by atoms with van der Waals surface area (Å²) in [4.78, 5) is 8.47. The molecule has 2 heterocycles. The van der Waals surface area contributed by atoms with E-state index in [9.17, 15) is 5.11 Å². The third-order valence-electron chi connectivity index (χ3n) is 3.21. The molecule has 0 spiro atoms. The normalized spacial score (nSPS) is 12.6. The average molecular weight is 291 g/mol.